The van der Waals surface area contributed by atoms with Crippen LogP contribution >= 0.6 is 0 Å². The number of rotatable bonds is 7. The molecule has 0 bridgehead atoms. The molecule has 0 radical (unpaired) electrons. The third-order valence-electron chi connectivity index (χ3n) is 1.79. The zero-order chi connectivity index (χ0) is 11.1. The summed E-state index contributed by atoms with van der Waals surface area (Å²) in [7, 11) is 0. The lowest BCUT2D eigenvalue weighted by Gasteiger charge is -2.16. The summed E-state index contributed by atoms with van der Waals surface area (Å²) in [4.78, 5) is 0. The first-order valence-corrected chi connectivity index (χ1v) is 5.03. The SMILES string of the molecule is CCOC(Cn1cc(CO)nn1)OCC. The van der Waals surface area contributed by atoms with Crippen molar-refractivity contribution in [1.29, 1.82) is 0 Å². The molecule has 6 nitrogen and oxygen atoms in total. The van der Waals surface area contributed by atoms with Crippen LogP contribution in [0.15, 0.2) is 6.20 Å². The van der Waals surface area contributed by atoms with Gasteiger partial charge in [-0.2, -0.15) is 0 Å². The van der Waals surface area contributed by atoms with Crippen molar-refractivity contribution < 1.29 is 14.6 Å². The van der Waals surface area contributed by atoms with E-state index in [1.807, 2.05) is 13.8 Å². The molecule has 0 unspecified atom stereocenters. The van der Waals surface area contributed by atoms with Crippen LogP contribution in [0, 0.1) is 0 Å². The highest BCUT2D eigenvalue weighted by atomic mass is 16.7. The average molecular weight is 215 g/mol. The molecule has 0 amide bonds. The zero-order valence-electron chi connectivity index (χ0n) is 9.09. The molecular formula is C9H17N3O3. The van der Waals surface area contributed by atoms with E-state index >= 15 is 0 Å². The van der Waals surface area contributed by atoms with Gasteiger partial charge in [-0.05, 0) is 13.8 Å². The van der Waals surface area contributed by atoms with Crippen LogP contribution in [0.1, 0.15) is 19.5 Å². The molecular weight excluding hydrogens is 198 g/mol. The Hall–Kier alpha value is -0.980. The number of aromatic nitrogens is 3. The fraction of sp³-hybridized carbons (Fsp3) is 0.778. The lowest BCUT2D eigenvalue weighted by Crippen LogP contribution is -2.24. The van der Waals surface area contributed by atoms with Crippen LogP contribution in [0.5, 0.6) is 0 Å². The van der Waals surface area contributed by atoms with Gasteiger partial charge < -0.3 is 14.6 Å². The molecule has 0 aliphatic rings. The maximum absolute atomic E-state index is 8.81. The van der Waals surface area contributed by atoms with Crippen LogP contribution < -0.4 is 0 Å². The smallest absolute Gasteiger partial charge is 0.176 e. The lowest BCUT2D eigenvalue weighted by atomic mass is 10.5. The highest BCUT2D eigenvalue weighted by Gasteiger charge is 2.10. The fourth-order valence-corrected chi connectivity index (χ4v) is 1.18. The van der Waals surface area contributed by atoms with Gasteiger partial charge in [-0.25, -0.2) is 4.68 Å². The van der Waals surface area contributed by atoms with Gasteiger partial charge in [-0.15, -0.1) is 5.10 Å². The van der Waals surface area contributed by atoms with E-state index in [2.05, 4.69) is 10.3 Å². The van der Waals surface area contributed by atoms with Crippen LogP contribution in [0.2, 0.25) is 0 Å². The number of hydrogen-bond acceptors (Lipinski definition) is 5. The largest absolute Gasteiger partial charge is 0.390 e. The van der Waals surface area contributed by atoms with Crippen LogP contribution in [0.3, 0.4) is 0 Å². The summed E-state index contributed by atoms with van der Waals surface area (Å²) >= 11 is 0. The standard InChI is InChI=1S/C9H17N3O3/c1-3-14-9(15-4-2)6-12-5-8(7-13)10-11-12/h5,9,13H,3-4,6-7H2,1-2H3. The van der Waals surface area contributed by atoms with E-state index < -0.39 is 0 Å². The van der Waals surface area contributed by atoms with E-state index in [1.54, 1.807) is 10.9 Å². The van der Waals surface area contributed by atoms with Crippen molar-refractivity contribution in [1.82, 2.24) is 15.0 Å². The minimum atomic E-state index is -0.312. The van der Waals surface area contributed by atoms with Gasteiger partial charge in [0, 0.05) is 13.2 Å². The molecule has 0 aromatic carbocycles. The van der Waals surface area contributed by atoms with Gasteiger partial charge in [0.25, 0.3) is 0 Å². The van der Waals surface area contributed by atoms with Gasteiger partial charge >= 0.3 is 0 Å². The Morgan fingerprint density at radius 2 is 2.07 bits per heavy atom. The lowest BCUT2D eigenvalue weighted by molar-refractivity contribution is -0.145. The summed E-state index contributed by atoms with van der Waals surface area (Å²) in [6.45, 7) is 5.38. The Morgan fingerprint density at radius 3 is 2.53 bits per heavy atom. The van der Waals surface area contributed by atoms with Crippen LogP contribution in [-0.4, -0.2) is 39.6 Å². The highest BCUT2D eigenvalue weighted by molar-refractivity contribution is 4.88. The van der Waals surface area contributed by atoms with Crippen molar-refractivity contribution in [3.05, 3.63) is 11.9 Å². The number of ether oxygens (including phenoxy) is 2. The topological polar surface area (TPSA) is 69.4 Å². The Morgan fingerprint density at radius 1 is 1.40 bits per heavy atom. The molecule has 0 fully saturated rings. The molecule has 1 N–H and O–H groups in total. The van der Waals surface area contributed by atoms with Gasteiger partial charge in [0.15, 0.2) is 6.29 Å². The van der Waals surface area contributed by atoms with Crippen LogP contribution in [0.4, 0.5) is 0 Å². The summed E-state index contributed by atoms with van der Waals surface area (Å²) in [6.07, 6.45) is 1.36. The minimum absolute atomic E-state index is 0.103. The van der Waals surface area contributed by atoms with E-state index in [0.29, 0.717) is 25.5 Å². The second kappa shape index (κ2) is 6.49. The monoisotopic (exact) mass is 215 g/mol. The Labute approximate surface area is 88.8 Å². The van der Waals surface area contributed by atoms with Gasteiger partial charge in [0.05, 0.1) is 19.3 Å². The zero-order valence-corrected chi connectivity index (χ0v) is 9.09. The summed E-state index contributed by atoms with van der Waals surface area (Å²) < 4.78 is 12.3. The first-order valence-electron chi connectivity index (χ1n) is 5.03. The Bertz CT molecular complexity index is 271. The van der Waals surface area contributed by atoms with Crippen LogP contribution in [0.25, 0.3) is 0 Å². The van der Waals surface area contributed by atoms with Crippen molar-refractivity contribution in [3.8, 4) is 0 Å². The van der Waals surface area contributed by atoms with E-state index in [9.17, 15) is 0 Å². The minimum Gasteiger partial charge on any atom is -0.390 e. The molecule has 1 aromatic rings. The second-order valence-electron chi connectivity index (χ2n) is 2.93. The number of aliphatic hydroxyl groups excluding tert-OH is 1. The Balaban J connectivity index is 2.48. The van der Waals surface area contributed by atoms with Crippen molar-refractivity contribution in [2.24, 2.45) is 0 Å². The molecule has 6 heteroatoms. The average Bonchev–Trinajstić information content (AvgIpc) is 2.66. The van der Waals surface area contributed by atoms with Gasteiger partial charge in [0.1, 0.15) is 5.69 Å². The molecule has 15 heavy (non-hydrogen) atoms. The van der Waals surface area contributed by atoms with Gasteiger partial charge in [-0.1, -0.05) is 5.21 Å². The first-order chi connectivity index (χ1) is 7.30. The van der Waals surface area contributed by atoms with E-state index in [1.165, 1.54) is 0 Å². The summed E-state index contributed by atoms with van der Waals surface area (Å²) in [6, 6.07) is 0. The molecule has 0 saturated carbocycles. The van der Waals surface area contributed by atoms with Crippen molar-refractivity contribution in [3.63, 3.8) is 0 Å². The Kier molecular flexibility index (Phi) is 5.23. The third-order valence-corrected chi connectivity index (χ3v) is 1.79. The second-order valence-corrected chi connectivity index (χ2v) is 2.93. The number of nitrogens with zero attached hydrogens (tertiary/aromatic N) is 3. The van der Waals surface area contributed by atoms with E-state index in [-0.39, 0.29) is 12.9 Å². The van der Waals surface area contributed by atoms with Crippen molar-refractivity contribution in [2.45, 2.75) is 33.3 Å². The fourth-order valence-electron chi connectivity index (χ4n) is 1.18. The highest BCUT2D eigenvalue weighted by Crippen LogP contribution is 2.00. The maximum Gasteiger partial charge on any atom is 0.176 e. The summed E-state index contributed by atoms with van der Waals surface area (Å²) in [5, 5.41) is 16.4. The molecule has 0 aliphatic heterocycles. The molecule has 1 heterocycles. The van der Waals surface area contributed by atoms with E-state index in [0.717, 1.165) is 0 Å². The third kappa shape index (κ3) is 3.94. The van der Waals surface area contributed by atoms with Crippen molar-refractivity contribution >= 4 is 0 Å². The number of hydrogen-bond donors (Lipinski definition) is 1. The molecule has 86 valence electrons. The first kappa shape index (κ1) is 12.1. The maximum atomic E-state index is 8.81. The van der Waals surface area contributed by atoms with Crippen LogP contribution in [-0.2, 0) is 22.6 Å². The molecule has 0 atom stereocenters. The molecule has 1 rings (SSSR count). The van der Waals surface area contributed by atoms with Gasteiger partial charge in [0.2, 0.25) is 0 Å². The number of aliphatic hydroxyl groups is 1. The van der Waals surface area contributed by atoms with Gasteiger partial charge in [-0.3, -0.25) is 0 Å². The molecule has 0 saturated heterocycles. The summed E-state index contributed by atoms with van der Waals surface area (Å²) in [5.74, 6) is 0. The van der Waals surface area contributed by atoms with E-state index in [4.69, 9.17) is 14.6 Å². The summed E-state index contributed by atoms with van der Waals surface area (Å²) in [5.41, 5.74) is 0.543. The molecule has 0 spiro atoms. The normalized spacial score (nSPS) is 11.2. The quantitative estimate of drug-likeness (QED) is 0.656. The van der Waals surface area contributed by atoms with Crippen molar-refractivity contribution in [2.75, 3.05) is 13.2 Å². The molecule has 1 aromatic heterocycles. The molecule has 0 aliphatic carbocycles. The predicted octanol–water partition coefficient (Wildman–Crippen LogP) is 0.169. The predicted molar refractivity (Wildman–Crippen MR) is 53.0 cm³/mol.